The standard InChI is InChI=1S/C26H23N3O4/c1-17(30)28(2)16-20-7-3-6-10-23(20)27-24(31)19-13-11-18(12-14-19)15-29-25(32)21-8-4-5-9-22(21)26(29)33/h3-14H,15-16H2,1-2H3,(H,27,31). The zero-order valence-corrected chi connectivity index (χ0v) is 18.4. The van der Waals surface area contributed by atoms with E-state index >= 15 is 0 Å². The summed E-state index contributed by atoms with van der Waals surface area (Å²) >= 11 is 0. The summed E-state index contributed by atoms with van der Waals surface area (Å²) in [5, 5.41) is 2.89. The van der Waals surface area contributed by atoms with Crippen LogP contribution in [0.1, 0.15) is 49.1 Å². The molecule has 0 unspecified atom stereocenters. The molecule has 0 fully saturated rings. The van der Waals surface area contributed by atoms with Gasteiger partial charge < -0.3 is 10.2 Å². The lowest BCUT2D eigenvalue weighted by Gasteiger charge is -2.18. The Morgan fingerprint density at radius 2 is 1.42 bits per heavy atom. The fourth-order valence-corrected chi connectivity index (χ4v) is 3.67. The van der Waals surface area contributed by atoms with Crippen molar-refractivity contribution in [1.29, 1.82) is 0 Å². The van der Waals surface area contributed by atoms with Gasteiger partial charge in [0.1, 0.15) is 0 Å². The molecule has 3 aromatic rings. The number of hydrogen-bond acceptors (Lipinski definition) is 4. The molecule has 33 heavy (non-hydrogen) atoms. The Labute approximate surface area is 191 Å². The van der Waals surface area contributed by atoms with Gasteiger partial charge in [-0.3, -0.25) is 24.1 Å². The first-order valence-corrected chi connectivity index (χ1v) is 10.5. The number of anilines is 1. The molecule has 4 amide bonds. The van der Waals surface area contributed by atoms with E-state index in [2.05, 4.69) is 5.32 Å². The number of fused-ring (bicyclic) bond motifs is 1. The number of carbonyl (C=O) groups is 4. The largest absolute Gasteiger partial charge is 0.342 e. The minimum absolute atomic E-state index is 0.0650. The summed E-state index contributed by atoms with van der Waals surface area (Å²) in [6.07, 6.45) is 0. The molecule has 4 rings (SSSR count). The maximum Gasteiger partial charge on any atom is 0.261 e. The number of benzene rings is 3. The summed E-state index contributed by atoms with van der Waals surface area (Å²) in [7, 11) is 1.70. The van der Waals surface area contributed by atoms with Crippen molar-refractivity contribution in [2.45, 2.75) is 20.0 Å². The number of carbonyl (C=O) groups excluding carboxylic acids is 4. The van der Waals surface area contributed by atoms with Gasteiger partial charge in [-0.2, -0.15) is 0 Å². The third-order valence-corrected chi connectivity index (χ3v) is 5.65. The van der Waals surface area contributed by atoms with Crippen LogP contribution in [0.3, 0.4) is 0 Å². The molecule has 1 aliphatic heterocycles. The van der Waals surface area contributed by atoms with Gasteiger partial charge in [-0.05, 0) is 41.5 Å². The van der Waals surface area contributed by atoms with Crippen LogP contribution in [0.25, 0.3) is 0 Å². The van der Waals surface area contributed by atoms with Crippen LogP contribution in [0.5, 0.6) is 0 Å². The van der Waals surface area contributed by atoms with Gasteiger partial charge in [-0.15, -0.1) is 0 Å². The lowest BCUT2D eigenvalue weighted by Crippen LogP contribution is -2.29. The lowest BCUT2D eigenvalue weighted by atomic mass is 10.1. The van der Waals surface area contributed by atoms with Gasteiger partial charge in [0, 0.05) is 31.8 Å². The van der Waals surface area contributed by atoms with E-state index < -0.39 is 0 Å². The number of amides is 4. The number of nitrogens with one attached hydrogen (secondary N) is 1. The van der Waals surface area contributed by atoms with Gasteiger partial charge in [0.05, 0.1) is 17.7 Å². The summed E-state index contributed by atoms with van der Waals surface area (Å²) in [5.74, 6) is -0.987. The molecular weight excluding hydrogens is 418 g/mol. The third kappa shape index (κ3) is 4.52. The molecule has 7 nitrogen and oxygen atoms in total. The normalized spacial score (nSPS) is 12.5. The predicted molar refractivity (Wildman–Crippen MR) is 124 cm³/mol. The summed E-state index contributed by atoms with van der Waals surface area (Å²) in [5.41, 5.74) is 3.46. The zero-order valence-electron chi connectivity index (χ0n) is 18.4. The molecule has 1 N–H and O–H groups in total. The lowest BCUT2D eigenvalue weighted by molar-refractivity contribution is -0.128. The van der Waals surface area contributed by atoms with Crippen LogP contribution in [-0.2, 0) is 17.9 Å². The van der Waals surface area contributed by atoms with Crippen LogP contribution in [-0.4, -0.2) is 40.5 Å². The van der Waals surface area contributed by atoms with Crippen molar-refractivity contribution in [3.8, 4) is 0 Å². The van der Waals surface area contributed by atoms with Gasteiger partial charge in [-0.25, -0.2) is 0 Å². The van der Waals surface area contributed by atoms with E-state index in [1.807, 2.05) is 18.2 Å². The van der Waals surface area contributed by atoms with Gasteiger partial charge in [-0.1, -0.05) is 42.5 Å². The first-order valence-electron chi connectivity index (χ1n) is 10.5. The van der Waals surface area contributed by atoms with Gasteiger partial charge in [0.25, 0.3) is 17.7 Å². The molecule has 0 saturated carbocycles. The molecule has 1 heterocycles. The second-order valence-corrected chi connectivity index (χ2v) is 7.93. The first-order chi connectivity index (χ1) is 15.8. The smallest absolute Gasteiger partial charge is 0.261 e. The number of nitrogens with zero attached hydrogens (tertiary/aromatic N) is 2. The topological polar surface area (TPSA) is 86.8 Å². The van der Waals surface area contributed by atoms with E-state index in [1.54, 1.807) is 66.5 Å². The summed E-state index contributed by atoms with van der Waals surface area (Å²) in [6.45, 7) is 2.00. The molecule has 0 saturated heterocycles. The Kier molecular flexibility index (Phi) is 6.04. The van der Waals surface area contributed by atoms with Crippen LogP contribution < -0.4 is 5.32 Å². The fourth-order valence-electron chi connectivity index (χ4n) is 3.67. The summed E-state index contributed by atoms with van der Waals surface area (Å²) < 4.78 is 0. The second-order valence-electron chi connectivity index (χ2n) is 7.93. The van der Waals surface area contributed by atoms with Crippen molar-refractivity contribution in [1.82, 2.24) is 9.80 Å². The molecule has 0 aliphatic carbocycles. The van der Waals surface area contributed by atoms with Crippen molar-refractivity contribution in [2.24, 2.45) is 0 Å². The molecule has 3 aromatic carbocycles. The fraction of sp³-hybridized carbons (Fsp3) is 0.154. The average molecular weight is 441 g/mol. The highest BCUT2D eigenvalue weighted by Crippen LogP contribution is 2.24. The zero-order chi connectivity index (χ0) is 23.5. The maximum absolute atomic E-state index is 12.8. The monoisotopic (exact) mass is 441 g/mol. The highest BCUT2D eigenvalue weighted by atomic mass is 16.2. The maximum atomic E-state index is 12.8. The minimum Gasteiger partial charge on any atom is -0.342 e. The molecule has 1 aliphatic rings. The molecule has 0 atom stereocenters. The SMILES string of the molecule is CC(=O)N(C)Cc1ccccc1NC(=O)c1ccc(CN2C(=O)c3ccccc3C2=O)cc1. The van der Waals surface area contributed by atoms with E-state index in [0.29, 0.717) is 28.9 Å². The molecule has 7 heteroatoms. The van der Waals surface area contributed by atoms with Crippen LogP contribution >= 0.6 is 0 Å². The summed E-state index contributed by atoms with van der Waals surface area (Å²) in [6, 6.07) is 20.9. The van der Waals surface area contributed by atoms with Gasteiger partial charge in [0.15, 0.2) is 0 Å². The van der Waals surface area contributed by atoms with Crippen molar-refractivity contribution >= 4 is 29.3 Å². The molecule has 0 aromatic heterocycles. The number of hydrogen-bond donors (Lipinski definition) is 1. The highest BCUT2D eigenvalue weighted by Gasteiger charge is 2.34. The van der Waals surface area contributed by atoms with E-state index in [1.165, 1.54) is 11.8 Å². The Bertz CT molecular complexity index is 1220. The molecule has 0 bridgehead atoms. The van der Waals surface area contributed by atoms with Crippen LogP contribution in [0.4, 0.5) is 5.69 Å². The van der Waals surface area contributed by atoms with Crippen LogP contribution in [0.15, 0.2) is 72.8 Å². The Morgan fingerprint density at radius 3 is 2.03 bits per heavy atom. The van der Waals surface area contributed by atoms with Crippen molar-refractivity contribution in [3.63, 3.8) is 0 Å². The minimum atomic E-state index is -0.315. The molecule has 166 valence electrons. The van der Waals surface area contributed by atoms with E-state index in [9.17, 15) is 19.2 Å². The quantitative estimate of drug-likeness (QED) is 0.591. The second kappa shape index (κ2) is 9.08. The predicted octanol–water partition coefficient (Wildman–Crippen LogP) is 3.71. The number of imide groups is 1. The average Bonchev–Trinajstić information content (AvgIpc) is 3.05. The molecular formula is C26H23N3O4. The number of rotatable bonds is 6. The van der Waals surface area contributed by atoms with Crippen molar-refractivity contribution in [2.75, 3.05) is 12.4 Å². The number of para-hydroxylation sites is 1. The van der Waals surface area contributed by atoms with Gasteiger partial charge in [0.2, 0.25) is 5.91 Å². The molecule has 0 spiro atoms. The van der Waals surface area contributed by atoms with Gasteiger partial charge >= 0.3 is 0 Å². The Morgan fingerprint density at radius 1 is 0.848 bits per heavy atom. The van der Waals surface area contributed by atoms with Crippen LogP contribution in [0.2, 0.25) is 0 Å². The first kappa shape index (κ1) is 22.0. The van der Waals surface area contributed by atoms with Crippen molar-refractivity contribution < 1.29 is 19.2 Å². The van der Waals surface area contributed by atoms with E-state index in [-0.39, 0.29) is 30.2 Å². The third-order valence-electron chi connectivity index (χ3n) is 5.65. The summed E-state index contributed by atoms with van der Waals surface area (Å²) in [4.78, 5) is 52.2. The highest BCUT2D eigenvalue weighted by molar-refractivity contribution is 6.21. The van der Waals surface area contributed by atoms with E-state index in [0.717, 1.165) is 11.1 Å². The Hall–Kier alpha value is -4.26. The Balaban J connectivity index is 1.44. The van der Waals surface area contributed by atoms with Crippen molar-refractivity contribution in [3.05, 3.63) is 101 Å². The van der Waals surface area contributed by atoms with Crippen LogP contribution in [0, 0.1) is 0 Å². The molecule has 0 radical (unpaired) electrons. The van der Waals surface area contributed by atoms with E-state index in [4.69, 9.17) is 0 Å².